The van der Waals surface area contributed by atoms with Crippen LogP contribution in [-0.4, -0.2) is 28.8 Å². The average molecular weight is 509 g/mol. The molecule has 1 aliphatic rings. The SMILES string of the molecule is O=C(O)OC1CCOc2cc(Oc3ccc(C(=O)Nc4cc(C(F)(F)F)ccn4)cc3)c(Cl)cc21. The molecule has 1 aliphatic heterocycles. The predicted molar refractivity (Wildman–Crippen MR) is 117 cm³/mol. The fourth-order valence-electron chi connectivity index (χ4n) is 3.35. The molecule has 35 heavy (non-hydrogen) atoms. The molecule has 0 saturated heterocycles. The first-order valence-corrected chi connectivity index (χ1v) is 10.5. The van der Waals surface area contributed by atoms with E-state index in [0.717, 1.165) is 18.3 Å². The summed E-state index contributed by atoms with van der Waals surface area (Å²) in [6, 6.07) is 10.3. The van der Waals surface area contributed by atoms with Crippen molar-refractivity contribution in [3.63, 3.8) is 0 Å². The van der Waals surface area contributed by atoms with Crippen LogP contribution >= 0.6 is 11.6 Å². The normalized spacial score (nSPS) is 14.9. The number of fused-ring (bicyclic) bond motifs is 1. The number of ether oxygens (including phenoxy) is 3. The van der Waals surface area contributed by atoms with E-state index in [-0.39, 0.29) is 28.8 Å². The summed E-state index contributed by atoms with van der Waals surface area (Å²) < 4.78 is 54.7. The first-order valence-electron chi connectivity index (χ1n) is 10.1. The second kappa shape index (κ2) is 9.71. The van der Waals surface area contributed by atoms with Gasteiger partial charge in [-0.15, -0.1) is 0 Å². The Kier molecular flexibility index (Phi) is 6.70. The monoisotopic (exact) mass is 508 g/mol. The minimum atomic E-state index is -4.56. The van der Waals surface area contributed by atoms with E-state index in [1.807, 2.05) is 0 Å². The van der Waals surface area contributed by atoms with E-state index in [1.165, 1.54) is 36.4 Å². The first-order chi connectivity index (χ1) is 16.6. The Balaban J connectivity index is 1.46. The zero-order valence-corrected chi connectivity index (χ0v) is 18.4. The fourth-order valence-corrected chi connectivity index (χ4v) is 3.56. The summed E-state index contributed by atoms with van der Waals surface area (Å²) in [7, 11) is 0. The van der Waals surface area contributed by atoms with Gasteiger partial charge in [-0.3, -0.25) is 4.79 Å². The summed E-state index contributed by atoms with van der Waals surface area (Å²) in [4.78, 5) is 27.0. The van der Waals surface area contributed by atoms with E-state index < -0.39 is 29.9 Å². The quantitative estimate of drug-likeness (QED) is 0.388. The summed E-state index contributed by atoms with van der Waals surface area (Å²) >= 11 is 6.30. The zero-order chi connectivity index (χ0) is 25.2. The van der Waals surface area contributed by atoms with Crippen LogP contribution < -0.4 is 14.8 Å². The number of rotatable bonds is 5. The van der Waals surface area contributed by atoms with Crippen LogP contribution in [0.3, 0.4) is 0 Å². The fraction of sp³-hybridized carbons (Fsp3) is 0.174. The van der Waals surface area contributed by atoms with Crippen molar-refractivity contribution < 1.29 is 42.1 Å². The van der Waals surface area contributed by atoms with E-state index in [1.54, 1.807) is 0 Å². The van der Waals surface area contributed by atoms with Crippen LogP contribution in [0, 0.1) is 0 Å². The van der Waals surface area contributed by atoms with Crippen molar-refractivity contribution in [2.24, 2.45) is 0 Å². The Labute approximate surface area is 201 Å². The molecule has 1 atom stereocenters. The number of amides is 1. The lowest BCUT2D eigenvalue weighted by Gasteiger charge is -2.25. The maximum absolute atomic E-state index is 12.8. The van der Waals surface area contributed by atoms with Gasteiger partial charge in [-0.2, -0.15) is 13.2 Å². The molecule has 182 valence electrons. The topological polar surface area (TPSA) is 107 Å². The van der Waals surface area contributed by atoms with Crippen molar-refractivity contribution >= 4 is 29.5 Å². The van der Waals surface area contributed by atoms with Crippen molar-refractivity contribution in [2.75, 3.05) is 11.9 Å². The Morgan fingerprint density at radius 1 is 1.14 bits per heavy atom. The van der Waals surface area contributed by atoms with Gasteiger partial charge in [0.25, 0.3) is 5.91 Å². The molecule has 1 amide bonds. The van der Waals surface area contributed by atoms with Crippen molar-refractivity contribution in [1.82, 2.24) is 4.98 Å². The lowest BCUT2D eigenvalue weighted by molar-refractivity contribution is -0.137. The molecule has 3 aromatic rings. The summed E-state index contributed by atoms with van der Waals surface area (Å²) in [5, 5.41) is 11.4. The van der Waals surface area contributed by atoms with Crippen molar-refractivity contribution in [3.8, 4) is 17.2 Å². The van der Waals surface area contributed by atoms with E-state index >= 15 is 0 Å². The van der Waals surface area contributed by atoms with Crippen LogP contribution in [0.4, 0.5) is 23.8 Å². The number of aromatic nitrogens is 1. The van der Waals surface area contributed by atoms with Gasteiger partial charge in [0.15, 0.2) is 0 Å². The molecule has 1 aromatic heterocycles. The molecule has 12 heteroatoms. The molecule has 8 nitrogen and oxygen atoms in total. The third kappa shape index (κ3) is 5.75. The molecular formula is C23H16ClF3N2O6. The molecule has 4 rings (SSSR count). The number of anilines is 1. The molecule has 0 saturated carbocycles. The number of nitrogens with zero attached hydrogens (tertiary/aromatic N) is 1. The third-order valence-corrected chi connectivity index (χ3v) is 5.26. The summed E-state index contributed by atoms with van der Waals surface area (Å²) in [6.07, 6.45) is -5.39. The predicted octanol–water partition coefficient (Wildman–Crippen LogP) is 6.32. The van der Waals surface area contributed by atoms with Crippen LogP contribution in [0.5, 0.6) is 17.2 Å². The third-order valence-electron chi connectivity index (χ3n) is 4.97. The molecular weight excluding hydrogens is 493 g/mol. The van der Waals surface area contributed by atoms with Gasteiger partial charge < -0.3 is 24.6 Å². The average Bonchev–Trinajstić information content (AvgIpc) is 2.80. The highest BCUT2D eigenvalue weighted by atomic mass is 35.5. The number of carbonyl (C=O) groups excluding carboxylic acids is 1. The molecule has 0 aliphatic carbocycles. The van der Waals surface area contributed by atoms with Gasteiger partial charge >= 0.3 is 12.3 Å². The van der Waals surface area contributed by atoms with Crippen LogP contribution in [0.25, 0.3) is 0 Å². The number of pyridine rings is 1. The summed E-state index contributed by atoms with van der Waals surface area (Å²) in [6.45, 7) is 0.247. The smallest absolute Gasteiger partial charge is 0.493 e. The molecule has 0 bridgehead atoms. The zero-order valence-electron chi connectivity index (χ0n) is 17.6. The molecule has 0 fully saturated rings. The molecule has 1 unspecified atom stereocenters. The second-order valence-corrected chi connectivity index (χ2v) is 7.75. The van der Waals surface area contributed by atoms with Gasteiger partial charge in [-0.25, -0.2) is 9.78 Å². The molecule has 0 radical (unpaired) electrons. The largest absolute Gasteiger partial charge is 0.506 e. The molecule has 2 heterocycles. The molecule has 0 spiro atoms. The van der Waals surface area contributed by atoms with Crippen LogP contribution in [0.15, 0.2) is 54.7 Å². The summed E-state index contributed by atoms with van der Waals surface area (Å²) in [5.41, 5.74) is -0.297. The number of carboxylic acid groups (broad SMARTS) is 1. The van der Waals surface area contributed by atoms with Gasteiger partial charge in [0, 0.05) is 29.8 Å². The van der Waals surface area contributed by atoms with Gasteiger partial charge in [0.1, 0.15) is 29.2 Å². The van der Waals surface area contributed by atoms with E-state index in [4.69, 9.17) is 30.9 Å². The first kappa shape index (κ1) is 24.1. The second-order valence-electron chi connectivity index (χ2n) is 7.34. The number of alkyl halides is 3. The number of hydrogen-bond acceptors (Lipinski definition) is 6. The van der Waals surface area contributed by atoms with Crippen molar-refractivity contribution in [2.45, 2.75) is 18.7 Å². The Morgan fingerprint density at radius 2 is 1.89 bits per heavy atom. The minimum absolute atomic E-state index is 0.157. The molecule has 2 aromatic carbocycles. The maximum atomic E-state index is 12.8. The van der Waals surface area contributed by atoms with Crippen molar-refractivity contribution in [3.05, 3.63) is 76.4 Å². The number of carbonyl (C=O) groups is 2. The van der Waals surface area contributed by atoms with E-state index in [9.17, 15) is 22.8 Å². The van der Waals surface area contributed by atoms with Gasteiger partial charge in [0.05, 0.1) is 17.2 Å². The number of benzene rings is 2. The van der Waals surface area contributed by atoms with Crippen LogP contribution in [0.2, 0.25) is 5.02 Å². The number of halogens is 4. The van der Waals surface area contributed by atoms with Gasteiger partial charge in [0.2, 0.25) is 0 Å². The lowest BCUT2D eigenvalue weighted by Crippen LogP contribution is -2.18. The van der Waals surface area contributed by atoms with Crippen LogP contribution in [0.1, 0.15) is 34.0 Å². The van der Waals surface area contributed by atoms with Gasteiger partial charge in [-0.1, -0.05) is 11.6 Å². The van der Waals surface area contributed by atoms with E-state index in [0.29, 0.717) is 23.5 Å². The highest BCUT2D eigenvalue weighted by Gasteiger charge is 2.31. The van der Waals surface area contributed by atoms with Crippen LogP contribution in [-0.2, 0) is 10.9 Å². The standard InChI is InChI=1S/C23H16ClF3N2O6/c24-16-10-15-17(35-22(31)32)6-8-33-18(15)11-19(16)34-14-3-1-12(2-4-14)21(30)29-20-9-13(5-7-28-20)23(25,26)27/h1-5,7,9-11,17H,6,8H2,(H,31,32)(H,28,29,30). The Hall–Kier alpha value is -3.99. The van der Waals surface area contributed by atoms with E-state index in [2.05, 4.69) is 10.3 Å². The number of hydrogen-bond donors (Lipinski definition) is 2. The highest BCUT2D eigenvalue weighted by Crippen LogP contribution is 2.42. The minimum Gasteiger partial charge on any atom is -0.493 e. The Morgan fingerprint density at radius 3 is 2.57 bits per heavy atom. The number of nitrogens with one attached hydrogen (secondary N) is 1. The Bertz CT molecular complexity index is 1270. The highest BCUT2D eigenvalue weighted by molar-refractivity contribution is 6.32. The van der Waals surface area contributed by atoms with Crippen molar-refractivity contribution in [1.29, 1.82) is 0 Å². The summed E-state index contributed by atoms with van der Waals surface area (Å²) in [5.74, 6) is 0.0113. The lowest BCUT2D eigenvalue weighted by atomic mass is 10.0. The van der Waals surface area contributed by atoms with Gasteiger partial charge in [-0.05, 0) is 42.5 Å². The molecule has 2 N–H and O–H groups in total. The maximum Gasteiger partial charge on any atom is 0.506 e.